The molecular weight excluding hydrogens is 340 g/mol. The number of aromatic nitrogens is 1. The number of fused-ring (bicyclic) bond motifs is 1. The Balaban J connectivity index is 2.16. The minimum absolute atomic E-state index is 0.533. The van der Waals surface area contributed by atoms with E-state index in [1.54, 1.807) is 0 Å². The maximum atomic E-state index is 9.90. The molecule has 0 aliphatic carbocycles. The standard InChI is InChI=1S/C21H34N2O2Si/c1-15(2)26(16(3)4,17(5)6)23-11-10-18-19(8-7-9-20(18)23)22-12-13-25-21(24)14-22/h7-11,15-17,21,24H,12-14H2,1-6H3. The first-order valence-corrected chi connectivity index (χ1v) is 12.1. The molecule has 1 N–H and O–H groups in total. The number of hydrogen-bond acceptors (Lipinski definition) is 3. The zero-order chi connectivity index (χ0) is 19.1. The molecule has 144 valence electrons. The van der Waals surface area contributed by atoms with Gasteiger partial charge in [0.05, 0.1) is 13.2 Å². The van der Waals surface area contributed by atoms with E-state index in [9.17, 15) is 5.11 Å². The molecular formula is C21H34N2O2Si. The van der Waals surface area contributed by atoms with Gasteiger partial charge in [-0.25, -0.2) is 0 Å². The number of ether oxygens (including phenoxy) is 1. The second-order valence-corrected chi connectivity index (χ2v) is 14.2. The summed E-state index contributed by atoms with van der Waals surface area (Å²) >= 11 is 0. The molecule has 1 unspecified atom stereocenters. The molecule has 1 aliphatic heterocycles. The van der Waals surface area contributed by atoms with Crippen LogP contribution in [0.2, 0.25) is 16.6 Å². The lowest BCUT2D eigenvalue weighted by molar-refractivity contribution is -0.104. The van der Waals surface area contributed by atoms with Crippen LogP contribution < -0.4 is 4.90 Å². The molecule has 1 atom stereocenters. The largest absolute Gasteiger partial charge is 0.373 e. The Morgan fingerprint density at radius 1 is 1.04 bits per heavy atom. The van der Waals surface area contributed by atoms with E-state index >= 15 is 0 Å². The molecule has 26 heavy (non-hydrogen) atoms. The smallest absolute Gasteiger partial charge is 0.172 e. The van der Waals surface area contributed by atoms with Crippen molar-refractivity contribution in [2.24, 2.45) is 0 Å². The third-order valence-corrected chi connectivity index (χ3v) is 13.1. The van der Waals surface area contributed by atoms with E-state index < -0.39 is 14.5 Å². The van der Waals surface area contributed by atoms with Crippen molar-refractivity contribution in [2.75, 3.05) is 24.6 Å². The van der Waals surface area contributed by atoms with E-state index in [0.29, 0.717) is 29.8 Å². The molecule has 4 nitrogen and oxygen atoms in total. The van der Waals surface area contributed by atoms with Gasteiger partial charge in [0.2, 0.25) is 0 Å². The quantitative estimate of drug-likeness (QED) is 0.763. The van der Waals surface area contributed by atoms with Gasteiger partial charge in [0.1, 0.15) is 0 Å². The average molecular weight is 375 g/mol. The third-order valence-electron chi connectivity index (χ3n) is 6.29. The highest BCUT2D eigenvalue weighted by molar-refractivity contribution is 6.82. The molecule has 0 amide bonds. The fourth-order valence-corrected chi connectivity index (χ4v) is 12.1. The molecule has 1 aromatic carbocycles. The van der Waals surface area contributed by atoms with Crippen LogP contribution in [0.1, 0.15) is 41.5 Å². The number of rotatable bonds is 5. The number of anilines is 1. The minimum Gasteiger partial charge on any atom is -0.373 e. The first-order valence-electron chi connectivity index (χ1n) is 9.95. The summed E-state index contributed by atoms with van der Waals surface area (Å²) in [5.74, 6) is 0. The van der Waals surface area contributed by atoms with Gasteiger partial charge >= 0.3 is 0 Å². The molecule has 0 bridgehead atoms. The number of nitrogens with zero attached hydrogens (tertiary/aromatic N) is 2. The highest BCUT2D eigenvalue weighted by Gasteiger charge is 2.45. The van der Waals surface area contributed by atoms with Crippen LogP contribution in [0.15, 0.2) is 30.5 Å². The topological polar surface area (TPSA) is 37.6 Å². The highest BCUT2D eigenvalue weighted by Crippen LogP contribution is 2.45. The van der Waals surface area contributed by atoms with E-state index in [0.717, 1.165) is 6.54 Å². The van der Waals surface area contributed by atoms with Gasteiger partial charge in [-0.15, -0.1) is 0 Å². The number of benzene rings is 1. The van der Waals surface area contributed by atoms with Crippen molar-refractivity contribution in [3.05, 3.63) is 30.5 Å². The highest BCUT2D eigenvalue weighted by atomic mass is 28.3. The van der Waals surface area contributed by atoms with Crippen molar-refractivity contribution in [1.82, 2.24) is 4.23 Å². The normalized spacial score (nSPS) is 19.3. The molecule has 0 saturated carbocycles. The molecule has 0 spiro atoms. The summed E-state index contributed by atoms with van der Waals surface area (Å²) in [5, 5.41) is 11.2. The number of aliphatic hydroxyl groups excluding tert-OH is 1. The van der Waals surface area contributed by atoms with E-state index in [2.05, 4.69) is 81.1 Å². The Morgan fingerprint density at radius 3 is 2.27 bits per heavy atom. The van der Waals surface area contributed by atoms with Gasteiger partial charge in [0.25, 0.3) is 0 Å². The van der Waals surface area contributed by atoms with Gasteiger partial charge in [0.15, 0.2) is 14.5 Å². The average Bonchev–Trinajstić information content (AvgIpc) is 2.99. The summed E-state index contributed by atoms with van der Waals surface area (Å²) in [4.78, 5) is 2.25. The van der Waals surface area contributed by atoms with Gasteiger partial charge in [-0.1, -0.05) is 47.6 Å². The lowest BCUT2D eigenvalue weighted by Crippen LogP contribution is -2.51. The lowest BCUT2D eigenvalue weighted by Gasteiger charge is -2.44. The first-order chi connectivity index (χ1) is 12.3. The van der Waals surface area contributed by atoms with Crippen LogP contribution in [0.25, 0.3) is 10.9 Å². The molecule has 1 aromatic heterocycles. The van der Waals surface area contributed by atoms with Gasteiger partial charge < -0.3 is 19.0 Å². The summed E-state index contributed by atoms with van der Waals surface area (Å²) in [5.41, 5.74) is 4.53. The Labute approximate surface area is 158 Å². The van der Waals surface area contributed by atoms with Crippen molar-refractivity contribution in [3.8, 4) is 0 Å². The summed E-state index contributed by atoms with van der Waals surface area (Å²) in [6.45, 7) is 16.3. The fourth-order valence-electron chi connectivity index (χ4n) is 5.45. The molecule has 2 heterocycles. The molecule has 1 fully saturated rings. The van der Waals surface area contributed by atoms with Crippen molar-refractivity contribution < 1.29 is 9.84 Å². The van der Waals surface area contributed by atoms with Gasteiger partial charge in [-0.05, 0) is 41.0 Å². The van der Waals surface area contributed by atoms with Crippen LogP contribution in [0, 0.1) is 0 Å². The minimum atomic E-state index is -1.78. The predicted octanol–water partition coefficient (Wildman–Crippen LogP) is 4.82. The number of aliphatic hydroxyl groups is 1. The zero-order valence-corrected chi connectivity index (χ0v) is 18.1. The number of hydrogen-bond donors (Lipinski definition) is 1. The maximum Gasteiger partial charge on any atom is 0.172 e. The van der Waals surface area contributed by atoms with E-state index in [4.69, 9.17) is 4.74 Å². The van der Waals surface area contributed by atoms with Gasteiger partial charge in [-0.3, -0.25) is 0 Å². The molecule has 1 aliphatic rings. The second kappa shape index (κ2) is 7.37. The number of β-amino-alcohol motifs (C(OH)–C–C–N with tert-alkyl or cyclic N) is 1. The molecule has 0 radical (unpaired) electrons. The van der Waals surface area contributed by atoms with Gasteiger partial charge in [0, 0.05) is 23.1 Å². The number of morpholine rings is 1. The maximum absolute atomic E-state index is 9.90. The third kappa shape index (κ3) is 3.00. The Bertz CT molecular complexity index is 732. The monoisotopic (exact) mass is 374 g/mol. The van der Waals surface area contributed by atoms with E-state index in [-0.39, 0.29) is 0 Å². The summed E-state index contributed by atoms with van der Waals surface area (Å²) < 4.78 is 7.97. The lowest BCUT2D eigenvalue weighted by atomic mass is 10.2. The fraction of sp³-hybridized carbons (Fsp3) is 0.619. The summed E-state index contributed by atoms with van der Waals surface area (Å²) in [6, 6.07) is 8.89. The summed E-state index contributed by atoms with van der Waals surface area (Å²) in [6.07, 6.45) is 1.63. The van der Waals surface area contributed by atoms with Crippen LogP contribution in [0.4, 0.5) is 5.69 Å². The van der Waals surface area contributed by atoms with Crippen molar-refractivity contribution in [1.29, 1.82) is 0 Å². The van der Waals surface area contributed by atoms with Crippen LogP contribution in [0.3, 0.4) is 0 Å². The first kappa shape index (κ1) is 19.5. The van der Waals surface area contributed by atoms with Crippen LogP contribution in [0.5, 0.6) is 0 Å². The molecule has 1 saturated heterocycles. The Morgan fingerprint density at radius 2 is 1.69 bits per heavy atom. The Kier molecular flexibility index (Phi) is 5.52. The molecule has 3 rings (SSSR count). The van der Waals surface area contributed by atoms with Crippen LogP contribution in [-0.2, 0) is 4.74 Å². The van der Waals surface area contributed by atoms with Crippen molar-refractivity contribution in [2.45, 2.75) is 64.5 Å². The predicted molar refractivity (Wildman–Crippen MR) is 113 cm³/mol. The summed E-state index contributed by atoms with van der Waals surface area (Å²) in [7, 11) is -1.78. The second-order valence-electron chi connectivity index (χ2n) is 8.52. The van der Waals surface area contributed by atoms with Crippen LogP contribution in [-0.4, -0.2) is 43.6 Å². The zero-order valence-electron chi connectivity index (χ0n) is 17.1. The van der Waals surface area contributed by atoms with Crippen molar-refractivity contribution in [3.63, 3.8) is 0 Å². The van der Waals surface area contributed by atoms with Crippen molar-refractivity contribution >= 4 is 24.8 Å². The molecule has 2 aromatic rings. The van der Waals surface area contributed by atoms with Gasteiger partial charge in [-0.2, -0.15) is 0 Å². The molecule has 5 heteroatoms. The van der Waals surface area contributed by atoms with Crippen LogP contribution >= 0.6 is 0 Å². The Hall–Kier alpha value is -1.30. The van der Waals surface area contributed by atoms with E-state index in [1.807, 2.05) is 0 Å². The SMILES string of the molecule is CC(C)[Si](C(C)C)(C(C)C)n1ccc2c(N3CCOC(O)C3)cccc21. The van der Waals surface area contributed by atoms with E-state index in [1.165, 1.54) is 16.6 Å².